The number of benzene rings is 2. The Balaban J connectivity index is 2.01. The summed E-state index contributed by atoms with van der Waals surface area (Å²) >= 11 is 0. The fourth-order valence-electron chi connectivity index (χ4n) is 1.96. The van der Waals surface area contributed by atoms with Crippen molar-refractivity contribution in [1.29, 1.82) is 0 Å². The number of aryl methyl sites for hydroxylation is 1. The predicted molar refractivity (Wildman–Crippen MR) is 73.2 cm³/mol. The maximum atomic E-state index is 13.3. The lowest BCUT2D eigenvalue weighted by molar-refractivity contribution is 0.428. The summed E-state index contributed by atoms with van der Waals surface area (Å²) in [6.45, 7) is 1.65. The highest BCUT2D eigenvalue weighted by atomic mass is 19.1. The van der Waals surface area contributed by atoms with Crippen molar-refractivity contribution in [2.75, 3.05) is 0 Å². The zero-order valence-electron chi connectivity index (χ0n) is 11.0. The molecule has 0 amide bonds. The highest BCUT2D eigenvalue weighted by molar-refractivity contribution is 5.63. The lowest BCUT2D eigenvalue weighted by Gasteiger charge is -1.99. The highest BCUT2D eigenvalue weighted by Gasteiger charge is 2.13. The van der Waals surface area contributed by atoms with Crippen LogP contribution < -0.4 is 0 Å². The van der Waals surface area contributed by atoms with Gasteiger partial charge in [0, 0.05) is 17.2 Å². The molecule has 6 heteroatoms. The fourth-order valence-corrected chi connectivity index (χ4v) is 1.96. The average molecular weight is 286 g/mol. The van der Waals surface area contributed by atoms with Crippen molar-refractivity contribution in [2.45, 2.75) is 6.92 Å². The van der Waals surface area contributed by atoms with Crippen molar-refractivity contribution >= 4 is 0 Å². The fraction of sp³-hybridized carbons (Fsp3) is 0.0667. The number of aromatic nitrogens is 2. The second-order valence-corrected chi connectivity index (χ2v) is 4.63. The molecule has 0 unspecified atom stereocenters. The van der Waals surface area contributed by atoms with Crippen LogP contribution in [-0.4, -0.2) is 20.4 Å². The van der Waals surface area contributed by atoms with Gasteiger partial charge in [-0.3, -0.25) is 0 Å². The minimum atomic E-state index is -0.305. The molecule has 0 radical (unpaired) electrons. The zero-order chi connectivity index (χ0) is 15.0. The summed E-state index contributed by atoms with van der Waals surface area (Å²) in [5.41, 5.74) is 1.49. The SMILES string of the molecule is Cc1cc(-c2noc(-c3cc(O)cc(O)c3)n2)ccc1F. The van der Waals surface area contributed by atoms with Crippen molar-refractivity contribution in [1.82, 2.24) is 10.1 Å². The summed E-state index contributed by atoms with van der Waals surface area (Å²) in [5.74, 6) is -0.0702. The van der Waals surface area contributed by atoms with Crippen LogP contribution in [0, 0.1) is 12.7 Å². The second-order valence-electron chi connectivity index (χ2n) is 4.63. The van der Waals surface area contributed by atoms with Gasteiger partial charge in [-0.2, -0.15) is 4.98 Å². The third-order valence-corrected chi connectivity index (χ3v) is 2.99. The molecule has 21 heavy (non-hydrogen) atoms. The van der Waals surface area contributed by atoms with Gasteiger partial charge in [0.05, 0.1) is 0 Å². The molecule has 1 aromatic heterocycles. The van der Waals surface area contributed by atoms with E-state index in [9.17, 15) is 14.6 Å². The van der Waals surface area contributed by atoms with Gasteiger partial charge in [-0.25, -0.2) is 4.39 Å². The van der Waals surface area contributed by atoms with Gasteiger partial charge in [0.1, 0.15) is 17.3 Å². The first-order valence-corrected chi connectivity index (χ1v) is 6.16. The molecule has 0 spiro atoms. The molecule has 0 saturated carbocycles. The topological polar surface area (TPSA) is 79.4 Å². The molecule has 0 aliphatic heterocycles. The molecular weight excluding hydrogens is 275 g/mol. The van der Waals surface area contributed by atoms with Crippen LogP contribution in [0.2, 0.25) is 0 Å². The van der Waals surface area contributed by atoms with Crippen LogP contribution in [-0.2, 0) is 0 Å². The summed E-state index contributed by atoms with van der Waals surface area (Å²) in [5, 5.41) is 22.7. The molecule has 5 nitrogen and oxygen atoms in total. The number of hydrogen-bond acceptors (Lipinski definition) is 5. The second kappa shape index (κ2) is 4.90. The first-order valence-electron chi connectivity index (χ1n) is 6.16. The average Bonchev–Trinajstić information content (AvgIpc) is 2.90. The predicted octanol–water partition coefficient (Wildman–Crippen LogP) is 3.26. The smallest absolute Gasteiger partial charge is 0.258 e. The van der Waals surface area contributed by atoms with E-state index in [2.05, 4.69) is 10.1 Å². The minimum absolute atomic E-state index is 0.109. The third kappa shape index (κ3) is 2.55. The van der Waals surface area contributed by atoms with Crippen LogP contribution in [0.1, 0.15) is 5.56 Å². The first kappa shape index (κ1) is 13.1. The van der Waals surface area contributed by atoms with E-state index >= 15 is 0 Å². The molecule has 2 aromatic carbocycles. The maximum absolute atomic E-state index is 13.3. The van der Waals surface area contributed by atoms with Crippen molar-refractivity contribution < 1.29 is 19.1 Å². The summed E-state index contributed by atoms with van der Waals surface area (Å²) in [6, 6.07) is 8.49. The summed E-state index contributed by atoms with van der Waals surface area (Å²) < 4.78 is 18.4. The van der Waals surface area contributed by atoms with Crippen LogP contribution in [0.15, 0.2) is 40.9 Å². The molecular formula is C15H11FN2O3. The van der Waals surface area contributed by atoms with Crippen molar-refractivity contribution in [3.8, 4) is 34.3 Å². The normalized spacial score (nSPS) is 10.8. The summed E-state index contributed by atoms with van der Waals surface area (Å²) in [6.07, 6.45) is 0. The van der Waals surface area contributed by atoms with E-state index in [4.69, 9.17) is 4.52 Å². The van der Waals surface area contributed by atoms with E-state index in [1.54, 1.807) is 19.1 Å². The van der Waals surface area contributed by atoms with E-state index in [0.29, 0.717) is 22.5 Å². The van der Waals surface area contributed by atoms with Crippen LogP contribution in [0.25, 0.3) is 22.8 Å². The van der Waals surface area contributed by atoms with E-state index in [1.807, 2.05) is 0 Å². The van der Waals surface area contributed by atoms with Gasteiger partial charge < -0.3 is 14.7 Å². The van der Waals surface area contributed by atoms with Crippen LogP contribution >= 0.6 is 0 Å². The number of phenolic OH excluding ortho intramolecular Hbond substituents is 2. The number of phenols is 2. The van der Waals surface area contributed by atoms with Gasteiger partial charge in [-0.15, -0.1) is 0 Å². The van der Waals surface area contributed by atoms with Gasteiger partial charge in [-0.05, 0) is 42.8 Å². The highest BCUT2D eigenvalue weighted by Crippen LogP contribution is 2.29. The molecule has 0 saturated heterocycles. The Morgan fingerprint density at radius 2 is 1.71 bits per heavy atom. The molecule has 3 aromatic rings. The first-order chi connectivity index (χ1) is 10.0. The minimum Gasteiger partial charge on any atom is -0.508 e. The number of rotatable bonds is 2. The van der Waals surface area contributed by atoms with E-state index in [1.165, 1.54) is 24.3 Å². The number of hydrogen-bond donors (Lipinski definition) is 2. The van der Waals surface area contributed by atoms with E-state index in [-0.39, 0.29) is 23.2 Å². The lowest BCUT2D eigenvalue weighted by Crippen LogP contribution is -1.86. The van der Waals surface area contributed by atoms with Gasteiger partial charge in [0.25, 0.3) is 5.89 Å². The molecule has 3 rings (SSSR count). The van der Waals surface area contributed by atoms with Crippen molar-refractivity contribution in [2.24, 2.45) is 0 Å². The monoisotopic (exact) mass is 286 g/mol. The molecule has 106 valence electrons. The van der Waals surface area contributed by atoms with Gasteiger partial charge in [0.15, 0.2) is 0 Å². The molecule has 0 fully saturated rings. The number of halogens is 1. The molecule has 1 heterocycles. The molecule has 2 N–H and O–H groups in total. The Labute approximate surface area is 119 Å². The zero-order valence-corrected chi connectivity index (χ0v) is 11.0. The number of aromatic hydroxyl groups is 2. The Kier molecular flexibility index (Phi) is 3.06. The van der Waals surface area contributed by atoms with Crippen molar-refractivity contribution in [3.05, 3.63) is 47.8 Å². The Morgan fingerprint density at radius 1 is 1.00 bits per heavy atom. The van der Waals surface area contributed by atoms with E-state index < -0.39 is 0 Å². The van der Waals surface area contributed by atoms with Crippen LogP contribution in [0.5, 0.6) is 11.5 Å². The van der Waals surface area contributed by atoms with Crippen LogP contribution in [0.4, 0.5) is 4.39 Å². The third-order valence-electron chi connectivity index (χ3n) is 2.99. The van der Waals surface area contributed by atoms with E-state index in [0.717, 1.165) is 0 Å². The Hall–Kier alpha value is -2.89. The Bertz CT molecular complexity index is 794. The quantitative estimate of drug-likeness (QED) is 0.756. The van der Waals surface area contributed by atoms with Gasteiger partial charge in [-0.1, -0.05) is 5.16 Å². The Morgan fingerprint density at radius 3 is 2.38 bits per heavy atom. The molecule has 0 aliphatic carbocycles. The summed E-state index contributed by atoms with van der Waals surface area (Å²) in [4.78, 5) is 4.18. The summed E-state index contributed by atoms with van der Waals surface area (Å²) in [7, 11) is 0. The van der Waals surface area contributed by atoms with Crippen molar-refractivity contribution in [3.63, 3.8) is 0 Å². The van der Waals surface area contributed by atoms with Crippen LogP contribution in [0.3, 0.4) is 0 Å². The molecule has 0 atom stereocenters. The molecule has 0 aliphatic rings. The van der Waals surface area contributed by atoms with Gasteiger partial charge in [0.2, 0.25) is 5.82 Å². The maximum Gasteiger partial charge on any atom is 0.258 e. The molecule has 0 bridgehead atoms. The number of nitrogens with zero attached hydrogens (tertiary/aromatic N) is 2. The largest absolute Gasteiger partial charge is 0.508 e. The standard InChI is InChI=1S/C15H11FN2O3/c1-8-4-9(2-3-13(8)16)14-17-15(21-18-14)10-5-11(19)7-12(20)6-10/h2-7,19-20H,1H3. The lowest BCUT2D eigenvalue weighted by atomic mass is 10.1. The van der Waals surface area contributed by atoms with Gasteiger partial charge >= 0.3 is 0 Å².